The second-order valence-electron chi connectivity index (χ2n) is 6.43. The summed E-state index contributed by atoms with van der Waals surface area (Å²) in [7, 11) is 0. The molecule has 2 saturated heterocycles. The van der Waals surface area contributed by atoms with Crippen LogP contribution in [0.25, 0.3) is 0 Å². The van der Waals surface area contributed by atoms with Crippen molar-refractivity contribution in [1.29, 1.82) is 0 Å². The van der Waals surface area contributed by atoms with Crippen LogP contribution in [0.4, 0.5) is 0 Å². The first kappa shape index (κ1) is 19.7. The van der Waals surface area contributed by atoms with Crippen LogP contribution < -0.4 is 5.32 Å². The quantitative estimate of drug-likeness (QED) is 0.850. The van der Waals surface area contributed by atoms with Crippen LogP contribution in [-0.2, 0) is 20.7 Å². The van der Waals surface area contributed by atoms with Crippen LogP contribution in [-0.4, -0.2) is 73.6 Å². The fourth-order valence-electron chi connectivity index (χ4n) is 3.10. The second-order valence-corrected chi connectivity index (χ2v) is 6.43. The zero-order valence-corrected chi connectivity index (χ0v) is 15.4. The number of nitrogens with one attached hydrogen (secondary N) is 1. The molecule has 2 heterocycles. The van der Waals surface area contributed by atoms with E-state index in [0.717, 1.165) is 12.1 Å². The van der Waals surface area contributed by atoms with E-state index in [1.54, 1.807) is 0 Å². The predicted octanol–water partition coefficient (Wildman–Crippen LogP) is 0.619. The van der Waals surface area contributed by atoms with Crippen LogP contribution in [0.3, 0.4) is 0 Å². The highest BCUT2D eigenvalue weighted by molar-refractivity contribution is 5.85. The monoisotopic (exact) mass is 367 g/mol. The number of benzene rings is 1. The van der Waals surface area contributed by atoms with Crippen molar-refractivity contribution < 1.29 is 14.3 Å². The molecular weight excluding hydrogens is 342 g/mol. The molecule has 138 valence electrons. The average Bonchev–Trinajstić information content (AvgIpc) is 2.64. The number of morpholine rings is 1. The first-order chi connectivity index (χ1) is 11.6. The van der Waals surface area contributed by atoms with E-state index in [4.69, 9.17) is 4.74 Å². The minimum Gasteiger partial charge on any atom is -0.366 e. The normalized spacial score (nSPS) is 20.8. The van der Waals surface area contributed by atoms with E-state index in [0.29, 0.717) is 45.8 Å². The van der Waals surface area contributed by atoms with Gasteiger partial charge in [-0.05, 0) is 12.5 Å². The number of rotatable bonds is 3. The van der Waals surface area contributed by atoms with E-state index in [9.17, 15) is 9.59 Å². The Hall–Kier alpha value is -1.63. The van der Waals surface area contributed by atoms with E-state index in [2.05, 4.69) is 5.32 Å². The molecule has 0 radical (unpaired) electrons. The predicted molar refractivity (Wildman–Crippen MR) is 97.9 cm³/mol. The minimum atomic E-state index is -0.381. The van der Waals surface area contributed by atoms with E-state index >= 15 is 0 Å². The molecule has 1 N–H and O–H groups in total. The van der Waals surface area contributed by atoms with Gasteiger partial charge >= 0.3 is 0 Å². The largest absolute Gasteiger partial charge is 0.366 e. The third-order valence-corrected chi connectivity index (χ3v) is 4.62. The van der Waals surface area contributed by atoms with Gasteiger partial charge in [-0.3, -0.25) is 9.59 Å². The van der Waals surface area contributed by atoms with Crippen molar-refractivity contribution in [3.63, 3.8) is 0 Å². The van der Waals surface area contributed by atoms with Gasteiger partial charge in [0.2, 0.25) is 5.91 Å². The molecule has 1 aromatic carbocycles. The summed E-state index contributed by atoms with van der Waals surface area (Å²) in [4.78, 5) is 28.5. The summed E-state index contributed by atoms with van der Waals surface area (Å²) < 4.78 is 5.52. The minimum absolute atomic E-state index is 0. The van der Waals surface area contributed by atoms with Crippen molar-refractivity contribution in [2.75, 3.05) is 45.9 Å². The standard InChI is InChI=1S/C18H25N3O3.ClH/c1-14-2-4-15(5-3-14)12-17(22)20-7-9-21(10-8-20)18(23)16-13-19-6-11-24-16;/h2-5,16,19H,6-13H2,1H3;1H. The highest BCUT2D eigenvalue weighted by Gasteiger charge is 2.30. The van der Waals surface area contributed by atoms with Gasteiger partial charge in [-0.1, -0.05) is 29.8 Å². The lowest BCUT2D eigenvalue weighted by Gasteiger charge is -2.37. The fraction of sp³-hybridized carbons (Fsp3) is 0.556. The Kier molecular flexibility index (Phi) is 7.23. The van der Waals surface area contributed by atoms with Gasteiger partial charge in [0.25, 0.3) is 5.91 Å². The summed E-state index contributed by atoms with van der Waals surface area (Å²) in [6, 6.07) is 8.05. The molecule has 3 rings (SSSR count). The van der Waals surface area contributed by atoms with Crippen molar-refractivity contribution in [2.24, 2.45) is 0 Å². The summed E-state index contributed by atoms with van der Waals surface area (Å²) in [5, 5.41) is 3.18. The molecule has 6 nitrogen and oxygen atoms in total. The maximum absolute atomic E-state index is 12.4. The first-order valence-corrected chi connectivity index (χ1v) is 8.58. The number of carbonyl (C=O) groups excluding carboxylic acids is 2. The van der Waals surface area contributed by atoms with Crippen LogP contribution >= 0.6 is 12.4 Å². The summed E-state index contributed by atoms with van der Waals surface area (Å²) in [5.41, 5.74) is 2.23. The van der Waals surface area contributed by atoms with Gasteiger partial charge in [0, 0.05) is 39.3 Å². The van der Waals surface area contributed by atoms with E-state index in [1.807, 2.05) is 41.0 Å². The fourth-order valence-corrected chi connectivity index (χ4v) is 3.10. The maximum atomic E-state index is 12.4. The van der Waals surface area contributed by atoms with Gasteiger partial charge in [-0.25, -0.2) is 0 Å². The number of amides is 2. The van der Waals surface area contributed by atoms with Crippen LogP contribution in [0.1, 0.15) is 11.1 Å². The highest BCUT2D eigenvalue weighted by atomic mass is 35.5. The SMILES string of the molecule is Cc1ccc(CC(=O)N2CCN(C(=O)C3CNCCO3)CC2)cc1.Cl. The molecule has 2 aliphatic rings. The number of carbonyl (C=O) groups is 2. The van der Waals surface area contributed by atoms with Gasteiger partial charge in [-0.15, -0.1) is 12.4 Å². The molecule has 2 amide bonds. The van der Waals surface area contributed by atoms with Gasteiger partial charge < -0.3 is 19.9 Å². The van der Waals surface area contributed by atoms with Crippen molar-refractivity contribution in [2.45, 2.75) is 19.4 Å². The van der Waals surface area contributed by atoms with Crippen molar-refractivity contribution in [3.05, 3.63) is 35.4 Å². The Balaban J connectivity index is 0.00000225. The molecule has 2 fully saturated rings. The molecule has 0 spiro atoms. The van der Waals surface area contributed by atoms with Crippen molar-refractivity contribution in [1.82, 2.24) is 15.1 Å². The molecule has 2 aliphatic heterocycles. The Morgan fingerprint density at radius 2 is 1.76 bits per heavy atom. The first-order valence-electron chi connectivity index (χ1n) is 8.58. The van der Waals surface area contributed by atoms with E-state index < -0.39 is 0 Å². The molecule has 25 heavy (non-hydrogen) atoms. The second kappa shape index (κ2) is 9.17. The number of piperazine rings is 1. The number of hydrogen-bond acceptors (Lipinski definition) is 4. The average molecular weight is 368 g/mol. The number of ether oxygens (including phenoxy) is 1. The lowest BCUT2D eigenvalue weighted by atomic mass is 10.1. The van der Waals surface area contributed by atoms with E-state index in [-0.39, 0.29) is 30.3 Å². The molecule has 0 bridgehead atoms. The molecule has 1 aromatic rings. The van der Waals surface area contributed by atoms with Gasteiger partial charge in [0.1, 0.15) is 6.10 Å². The third kappa shape index (κ3) is 5.17. The Morgan fingerprint density at radius 1 is 1.12 bits per heavy atom. The number of aryl methyl sites for hydroxylation is 1. The summed E-state index contributed by atoms with van der Waals surface area (Å²) >= 11 is 0. The lowest BCUT2D eigenvalue weighted by molar-refractivity contribution is -0.149. The number of hydrogen-bond donors (Lipinski definition) is 1. The molecule has 0 aliphatic carbocycles. The van der Waals surface area contributed by atoms with Crippen molar-refractivity contribution in [3.8, 4) is 0 Å². The maximum Gasteiger partial charge on any atom is 0.253 e. The van der Waals surface area contributed by atoms with Gasteiger partial charge in [-0.2, -0.15) is 0 Å². The number of nitrogens with zero attached hydrogens (tertiary/aromatic N) is 2. The van der Waals surface area contributed by atoms with Crippen LogP contribution in [0.2, 0.25) is 0 Å². The summed E-state index contributed by atoms with van der Waals surface area (Å²) in [6.45, 7) is 6.33. The van der Waals surface area contributed by atoms with Crippen molar-refractivity contribution >= 4 is 24.2 Å². The molecule has 0 saturated carbocycles. The molecular formula is C18H26ClN3O3. The summed E-state index contributed by atoms with van der Waals surface area (Å²) in [5.74, 6) is 0.161. The highest BCUT2D eigenvalue weighted by Crippen LogP contribution is 2.10. The third-order valence-electron chi connectivity index (χ3n) is 4.62. The van der Waals surface area contributed by atoms with Crippen LogP contribution in [0.15, 0.2) is 24.3 Å². The smallest absolute Gasteiger partial charge is 0.253 e. The Morgan fingerprint density at radius 3 is 2.36 bits per heavy atom. The Labute approximate surface area is 154 Å². The van der Waals surface area contributed by atoms with Crippen LogP contribution in [0.5, 0.6) is 0 Å². The van der Waals surface area contributed by atoms with Gasteiger partial charge in [0.15, 0.2) is 0 Å². The molecule has 1 atom stereocenters. The zero-order chi connectivity index (χ0) is 16.9. The van der Waals surface area contributed by atoms with E-state index in [1.165, 1.54) is 5.56 Å². The number of halogens is 1. The Bertz CT molecular complexity index is 580. The summed E-state index contributed by atoms with van der Waals surface area (Å²) in [6.07, 6.45) is 0.0396. The van der Waals surface area contributed by atoms with Gasteiger partial charge in [0.05, 0.1) is 13.0 Å². The van der Waals surface area contributed by atoms with Crippen LogP contribution in [0, 0.1) is 6.92 Å². The lowest BCUT2D eigenvalue weighted by Crippen LogP contribution is -2.56. The zero-order valence-electron chi connectivity index (χ0n) is 14.6. The molecule has 7 heteroatoms. The molecule has 0 aromatic heterocycles. The molecule has 1 unspecified atom stereocenters. The topological polar surface area (TPSA) is 61.9 Å².